The van der Waals surface area contributed by atoms with E-state index in [0.29, 0.717) is 11.3 Å². The van der Waals surface area contributed by atoms with Crippen LogP contribution < -0.4 is 0 Å². The zero-order valence-corrected chi connectivity index (χ0v) is 9.41. The van der Waals surface area contributed by atoms with Crippen molar-refractivity contribution in [3.05, 3.63) is 36.2 Å². The van der Waals surface area contributed by atoms with Gasteiger partial charge in [-0.2, -0.15) is 5.10 Å². The summed E-state index contributed by atoms with van der Waals surface area (Å²) in [5.74, 6) is 0.742. The summed E-state index contributed by atoms with van der Waals surface area (Å²) in [4.78, 5) is 15.3. The molecule has 0 atom stereocenters. The minimum Gasteiger partial charge on any atom is -0.298 e. The molecule has 17 heavy (non-hydrogen) atoms. The van der Waals surface area contributed by atoms with Crippen molar-refractivity contribution >= 4 is 6.29 Å². The van der Waals surface area contributed by atoms with Gasteiger partial charge in [0, 0.05) is 18.9 Å². The van der Waals surface area contributed by atoms with Crippen molar-refractivity contribution in [3.8, 4) is 11.4 Å². The summed E-state index contributed by atoms with van der Waals surface area (Å²) in [7, 11) is 0. The quantitative estimate of drug-likeness (QED) is 0.752. The maximum atomic E-state index is 11.0. The molecule has 1 saturated carbocycles. The van der Waals surface area contributed by atoms with Gasteiger partial charge in [0.25, 0.3) is 0 Å². The van der Waals surface area contributed by atoms with Gasteiger partial charge in [0.05, 0.1) is 11.3 Å². The number of aldehydes is 1. The molecule has 0 spiro atoms. The highest BCUT2D eigenvalue weighted by molar-refractivity contribution is 5.84. The van der Waals surface area contributed by atoms with E-state index >= 15 is 0 Å². The lowest BCUT2D eigenvalue weighted by Crippen LogP contribution is -2.00. The van der Waals surface area contributed by atoms with Gasteiger partial charge in [0.15, 0.2) is 6.29 Å². The van der Waals surface area contributed by atoms with Crippen molar-refractivity contribution in [3.63, 3.8) is 0 Å². The molecule has 2 heterocycles. The minimum absolute atomic E-state index is 0.615. The van der Waals surface area contributed by atoms with Crippen LogP contribution in [0.4, 0.5) is 0 Å². The molecule has 0 bridgehead atoms. The highest BCUT2D eigenvalue weighted by Gasteiger charge is 2.23. The Labute approximate surface area is 99.3 Å². The van der Waals surface area contributed by atoms with Crippen LogP contribution in [0.3, 0.4) is 0 Å². The first-order valence-electron chi connectivity index (χ1n) is 5.81. The van der Waals surface area contributed by atoms with Gasteiger partial charge in [-0.15, -0.1) is 0 Å². The van der Waals surface area contributed by atoms with Gasteiger partial charge in [0.2, 0.25) is 0 Å². The van der Waals surface area contributed by atoms with E-state index in [1.165, 1.54) is 12.8 Å². The first-order valence-corrected chi connectivity index (χ1v) is 5.81. The molecule has 0 amide bonds. The number of rotatable bonds is 4. The molecule has 2 aromatic heterocycles. The lowest BCUT2D eigenvalue weighted by Gasteiger charge is -1.97. The molecule has 0 aliphatic heterocycles. The van der Waals surface area contributed by atoms with Crippen molar-refractivity contribution in [1.29, 1.82) is 0 Å². The van der Waals surface area contributed by atoms with E-state index in [2.05, 4.69) is 10.1 Å². The van der Waals surface area contributed by atoms with Crippen LogP contribution in [-0.4, -0.2) is 21.1 Å². The van der Waals surface area contributed by atoms with Crippen molar-refractivity contribution in [1.82, 2.24) is 14.8 Å². The number of carbonyl (C=O) groups is 1. The fraction of sp³-hybridized carbons (Fsp3) is 0.308. The van der Waals surface area contributed by atoms with Crippen molar-refractivity contribution < 1.29 is 4.79 Å². The van der Waals surface area contributed by atoms with Crippen LogP contribution in [0.15, 0.2) is 30.6 Å². The van der Waals surface area contributed by atoms with E-state index < -0.39 is 0 Å². The molecule has 86 valence electrons. The molecule has 0 unspecified atom stereocenters. The van der Waals surface area contributed by atoms with Gasteiger partial charge >= 0.3 is 0 Å². The molecule has 0 radical (unpaired) electrons. The van der Waals surface area contributed by atoms with Gasteiger partial charge in [-0.25, -0.2) is 0 Å². The zero-order valence-electron chi connectivity index (χ0n) is 9.41. The van der Waals surface area contributed by atoms with Crippen molar-refractivity contribution in [2.75, 3.05) is 0 Å². The van der Waals surface area contributed by atoms with Crippen LogP contribution in [0, 0.1) is 5.92 Å². The van der Waals surface area contributed by atoms with E-state index in [0.717, 1.165) is 24.4 Å². The van der Waals surface area contributed by atoms with Crippen LogP contribution in [0.5, 0.6) is 0 Å². The second-order valence-electron chi connectivity index (χ2n) is 4.43. The van der Waals surface area contributed by atoms with Crippen LogP contribution in [0.2, 0.25) is 0 Å². The van der Waals surface area contributed by atoms with Crippen LogP contribution >= 0.6 is 0 Å². The number of hydrogen-bond acceptors (Lipinski definition) is 3. The van der Waals surface area contributed by atoms with E-state index in [9.17, 15) is 4.79 Å². The monoisotopic (exact) mass is 227 g/mol. The molecule has 0 N–H and O–H groups in total. The Morgan fingerprint density at radius 1 is 1.41 bits per heavy atom. The standard InChI is InChI=1S/C13H13N3O/c17-9-11-8-16(7-10-4-5-10)15-13(11)12-3-1-2-6-14-12/h1-3,6,8-10H,4-5,7H2. The van der Waals surface area contributed by atoms with Crippen molar-refractivity contribution in [2.45, 2.75) is 19.4 Å². The number of carbonyl (C=O) groups excluding carboxylic acids is 1. The average molecular weight is 227 g/mol. The van der Waals surface area contributed by atoms with Crippen molar-refractivity contribution in [2.24, 2.45) is 5.92 Å². The van der Waals surface area contributed by atoms with E-state index in [1.54, 1.807) is 6.20 Å². The lowest BCUT2D eigenvalue weighted by molar-refractivity contribution is 0.112. The molecular formula is C13H13N3O. The third-order valence-corrected chi connectivity index (χ3v) is 2.97. The van der Waals surface area contributed by atoms with Crippen LogP contribution in [-0.2, 0) is 6.54 Å². The Morgan fingerprint density at radius 3 is 2.94 bits per heavy atom. The molecule has 2 aromatic rings. The summed E-state index contributed by atoms with van der Waals surface area (Å²) < 4.78 is 1.87. The third-order valence-electron chi connectivity index (χ3n) is 2.97. The van der Waals surface area contributed by atoms with Gasteiger partial charge in [-0.3, -0.25) is 14.5 Å². The molecule has 0 aromatic carbocycles. The summed E-state index contributed by atoms with van der Waals surface area (Å²) in [5.41, 5.74) is 2.05. The summed E-state index contributed by atoms with van der Waals surface area (Å²) in [6, 6.07) is 5.62. The number of hydrogen-bond donors (Lipinski definition) is 0. The predicted molar refractivity (Wildman–Crippen MR) is 63.6 cm³/mol. The average Bonchev–Trinajstić information content (AvgIpc) is 3.08. The molecule has 1 fully saturated rings. The maximum absolute atomic E-state index is 11.0. The van der Waals surface area contributed by atoms with Gasteiger partial charge < -0.3 is 0 Å². The maximum Gasteiger partial charge on any atom is 0.153 e. The van der Waals surface area contributed by atoms with Crippen LogP contribution in [0.25, 0.3) is 11.4 Å². The molecular weight excluding hydrogens is 214 g/mol. The Balaban J connectivity index is 1.96. The van der Waals surface area contributed by atoms with Gasteiger partial charge in [-0.1, -0.05) is 6.07 Å². The number of aromatic nitrogens is 3. The summed E-state index contributed by atoms with van der Waals surface area (Å²) in [6.07, 6.45) is 6.92. The second-order valence-corrected chi connectivity index (χ2v) is 4.43. The molecule has 1 aliphatic carbocycles. The second kappa shape index (κ2) is 4.13. The summed E-state index contributed by atoms with van der Waals surface area (Å²) >= 11 is 0. The fourth-order valence-corrected chi connectivity index (χ4v) is 1.88. The normalized spacial score (nSPS) is 14.8. The molecule has 4 nitrogen and oxygen atoms in total. The van der Waals surface area contributed by atoms with E-state index in [1.807, 2.05) is 29.1 Å². The molecule has 4 heteroatoms. The minimum atomic E-state index is 0.615. The van der Waals surface area contributed by atoms with Crippen LogP contribution in [0.1, 0.15) is 23.2 Å². The summed E-state index contributed by atoms with van der Waals surface area (Å²) in [5, 5.41) is 4.45. The lowest BCUT2D eigenvalue weighted by atomic mass is 10.2. The van der Waals surface area contributed by atoms with E-state index in [4.69, 9.17) is 0 Å². The first-order chi connectivity index (χ1) is 8.36. The van der Waals surface area contributed by atoms with E-state index in [-0.39, 0.29) is 0 Å². The Morgan fingerprint density at radius 2 is 2.29 bits per heavy atom. The summed E-state index contributed by atoms with van der Waals surface area (Å²) in [6.45, 7) is 0.910. The Bertz CT molecular complexity index is 529. The fourth-order valence-electron chi connectivity index (χ4n) is 1.88. The molecule has 1 aliphatic rings. The Hall–Kier alpha value is -1.97. The Kier molecular flexibility index (Phi) is 2.48. The van der Waals surface area contributed by atoms with Gasteiger partial charge in [0.1, 0.15) is 5.69 Å². The topological polar surface area (TPSA) is 47.8 Å². The smallest absolute Gasteiger partial charge is 0.153 e. The number of pyridine rings is 1. The first kappa shape index (κ1) is 10.2. The highest BCUT2D eigenvalue weighted by Crippen LogP contribution is 2.31. The largest absolute Gasteiger partial charge is 0.298 e. The molecule has 3 rings (SSSR count). The SMILES string of the molecule is O=Cc1cn(CC2CC2)nc1-c1ccccn1. The molecule has 0 saturated heterocycles. The highest BCUT2D eigenvalue weighted by atomic mass is 16.1. The third kappa shape index (κ3) is 2.11. The van der Waals surface area contributed by atoms with Gasteiger partial charge in [-0.05, 0) is 30.9 Å². The number of nitrogens with zero attached hydrogens (tertiary/aromatic N) is 3. The zero-order chi connectivity index (χ0) is 11.7. The predicted octanol–water partition coefficient (Wildman–Crippen LogP) is 2.17.